The van der Waals surface area contributed by atoms with E-state index in [0.717, 1.165) is 22.6 Å². The summed E-state index contributed by atoms with van der Waals surface area (Å²) in [6, 6.07) is 12.2. The number of aromatic nitrogens is 3. The van der Waals surface area contributed by atoms with E-state index < -0.39 is 5.82 Å². The summed E-state index contributed by atoms with van der Waals surface area (Å²) in [5.41, 5.74) is 3.39. The van der Waals surface area contributed by atoms with Crippen LogP contribution in [-0.4, -0.2) is 26.4 Å². The zero-order chi connectivity index (χ0) is 18.7. The van der Waals surface area contributed by atoms with Gasteiger partial charge in [-0.1, -0.05) is 36.0 Å². The van der Waals surface area contributed by atoms with Gasteiger partial charge in [-0.3, -0.25) is 9.36 Å². The molecule has 1 heterocycles. The molecule has 1 N–H and O–H groups in total. The highest BCUT2D eigenvalue weighted by molar-refractivity contribution is 7.99. The molecule has 0 bridgehead atoms. The molecule has 0 radical (unpaired) electrons. The summed E-state index contributed by atoms with van der Waals surface area (Å²) < 4.78 is 15.6. The molecule has 1 amide bonds. The molecule has 0 unspecified atom stereocenters. The predicted molar refractivity (Wildman–Crippen MR) is 101 cm³/mol. The minimum atomic E-state index is -0.458. The Balaban J connectivity index is 1.76. The van der Waals surface area contributed by atoms with Crippen molar-refractivity contribution in [2.45, 2.75) is 25.9 Å². The molecule has 0 fully saturated rings. The molecule has 3 rings (SSSR count). The summed E-state index contributed by atoms with van der Waals surface area (Å²) in [5.74, 6) is 0.0985. The quantitative estimate of drug-likeness (QED) is 0.688. The first-order valence-corrected chi connectivity index (χ1v) is 9.11. The van der Waals surface area contributed by atoms with Crippen molar-refractivity contribution in [2.24, 2.45) is 0 Å². The average molecular weight is 370 g/mol. The fourth-order valence-electron chi connectivity index (χ4n) is 2.55. The van der Waals surface area contributed by atoms with Gasteiger partial charge in [-0.2, -0.15) is 0 Å². The van der Waals surface area contributed by atoms with Crippen molar-refractivity contribution in [3.8, 4) is 5.69 Å². The topological polar surface area (TPSA) is 59.8 Å². The van der Waals surface area contributed by atoms with E-state index in [1.54, 1.807) is 12.1 Å². The maximum Gasteiger partial charge on any atom is 0.234 e. The molecule has 5 nitrogen and oxygen atoms in total. The van der Waals surface area contributed by atoms with Crippen LogP contribution in [0.3, 0.4) is 0 Å². The van der Waals surface area contributed by atoms with E-state index in [-0.39, 0.29) is 17.3 Å². The second-order valence-electron chi connectivity index (χ2n) is 5.97. The minimum absolute atomic E-state index is 0.108. The largest absolute Gasteiger partial charge is 0.323 e. The Hall–Kier alpha value is -2.67. The lowest BCUT2D eigenvalue weighted by atomic mass is 10.1. The van der Waals surface area contributed by atoms with Gasteiger partial charge >= 0.3 is 0 Å². The molecule has 0 saturated heterocycles. The summed E-state index contributed by atoms with van der Waals surface area (Å²) in [4.78, 5) is 12.2. The van der Waals surface area contributed by atoms with Crippen LogP contribution in [0.5, 0.6) is 0 Å². The molecule has 0 aliphatic heterocycles. The molecule has 0 saturated carbocycles. The third-order valence-electron chi connectivity index (χ3n) is 3.88. The van der Waals surface area contributed by atoms with Crippen LogP contribution in [0, 0.1) is 26.6 Å². The van der Waals surface area contributed by atoms with Gasteiger partial charge in [0.25, 0.3) is 0 Å². The van der Waals surface area contributed by atoms with Crippen LogP contribution in [0.25, 0.3) is 5.69 Å². The van der Waals surface area contributed by atoms with Crippen molar-refractivity contribution >= 4 is 23.4 Å². The molecule has 26 heavy (non-hydrogen) atoms. The van der Waals surface area contributed by atoms with Gasteiger partial charge in [-0.05, 0) is 50.1 Å². The predicted octanol–water partition coefficient (Wildman–Crippen LogP) is 4.06. The number of anilines is 1. The van der Waals surface area contributed by atoms with Crippen LogP contribution in [-0.2, 0) is 4.79 Å². The van der Waals surface area contributed by atoms with Crippen molar-refractivity contribution in [1.82, 2.24) is 14.8 Å². The molecular weight excluding hydrogens is 351 g/mol. The van der Waals surface area contributed by atoms with Gasteiger partial charge in [0, 0.05) is 0 Å². The van der Waals surface area contributed by atoms with Crippen molar-refractivity contribution in [3.63, 3.8) is 0 Å². The van der Waals surface area contributed by atoms with Crippen LogP contribution >= 0.6 is 11.8 Å². The zero-order valence-corrected chi connectivity index (χ0v) is 15.6. The first-order valence-electron chi connectivity index (χ1n) is 8.12. The van der Waals surface area contributed by atoms with Gasteiger partial charge < -0.3 is 5.32 Å². The molecule has 0 aliphatic carbocycles. The van der Waals surface area contributed by atoms with Crippen LogP contribution in [0.2, 0.25) is 0 Å². The Morgan fingerprint density at radius 3 is 2.69 bits per heavy atom. The molecule has 3 aromatic rings. The third-order valence-corrected chi connectivity index (χ3v) is 4.81. The van der Waals surface area contributed by atoms with Gasteiger partial charge in [0.1, 0.15) is 11.6 Å². The van der Waals surface area contributed by atoms with Crippen LogP contribution in [0.15, 0.2) is 47.6 Å². The Kier molecular flexibility index (Phi) is 5.37. The fourth-order valence-corrected chi connectivity index (χ4v) is 3.34. The number of hydrogen-bond donors (Lipinski definition) is 1. The number of carbonyl (C=O) groups excluding carboxylic acids is 1. The summed E-state index contributed by atoms with van der Waals surface area (Å²) >= 11 is 1.27. The maximum atomic E-state index is 13.6. The summed E-state index contributed by atoms with van der Waals surface area (Å²) in [5, 5.41) is 11.5. The molecular formula is C19H19FN4OS. The van der Waals surface area contributed by atoms with Crippen molar-refractivity contribution < 1.29 is 9.18 Å². The molecule has 0 atom stereocenters. The number of carbonyl (C=O) groups is 1. The van der Waals surface area contributed by atoms with E-state index in [0.29, 0.717) is 5.16 Å². The van der Waals surface area contributed by atoms with Crippen molar-refractivity contribution in [3.05, 3.63) is 65.2 Å². The van der Waals surface area contributed by atoms with E-state index in [4.69, 9.17) is 0 Å². The second kappa shape index (κ2) is 7.70. The standard InChI is InChI=1S/C19H19FN4OS/c1-12-8-9-13(2)17(10-12)24-14(3)22-23-19(24)26-11-18(25)21-16-7-5-4-6-15(16)20/h4-10H,11H2,1-3H3,(H,21,25). The summed E-state index contributed by atoms with van der Waals surface area (Å²) in [6.07, 6.45) is 0. The molecule has 134 valence electrons. The first kappa shape index (κ1) is 18.1. The molecule has 2 aromatic carbocycles. The molecule has 1 aromatic heterocycles. The van der Waals surface area contributed by atoms with Crippen LogP contribution < -0.4 is 5.32 Å². The lowest BCUT2D eigenvalue weighted by molar-refractivity contribution is -0.113. The van der Waals surface area contributed by atoms with E-state index in [1.807, 2.05) is 37.5 Å². The third kappa shape index (κ3) is 3.94. The minimum Gasteiger partial charge on any atom is -0.323 e. The Labute approximate surface area is 155 Å². The number of aryl methyl sites for hydroxylation is 3. The number of nitrogens with zero attached hydrogens (tertiary/aromatic N) is 3. The second-order valence-corrected chi connectivity index (χ2v) is 6.91. The van der Waals surface area contributed by atoms with Crippen molar-refractivity contribution in [2.75, 3.05) is 11.1 Å². The molecule has 0 aliphatic rings. The monoisotopic (exact) mass is 370 g/mol. The van der Waals surface area contributed by atoms with Gasteiger partial charge in [-0.25, -0.2) is 4.39 Å². The van der Waals surface area contributed by atoms with E-state index in [2.05, 4.69) is 21.6 Å². The number of halogens is 1. The lowest BCUT2D eigenvalue weighted by Gasteiger charge is -2.12. The van der Waals surface area contributed by atoms with Gasteiger partial charge in [-0.15, -0.1) is 10.2 Å². The van der Waals surface area contributed by atoms with Crippen molar-refractivity contribution in [1.29, 1.82) is 0 Å². The molecule has 0 spiro atoms. The smallest absolute Gasteiger partial charge is 0.234 e. The number of amides is 1. The first-order chi connectivity index (χ1) is 12.5. The highest BCUT2D eigenvalue weighted by Gasteiger charge is 2.15. The number of thioether (sulfide) groups is 1. The zero-order valence-electron chi connectivity index (χ0n) is 14.8. The number of benzene rings is 2. The van der Waals surface area contributed by atoms with Gasteiger partial charge in [0.05, 0.1) is 17.1 Å². The Morgan fingerprint density at radius 2 is 1.92 bits per heavy atom. The number of para-hydroxylation sites is 1. The Morgan fingerprint density at radius 1 is 1.15 bits per heavy atom. The maximum absolute atomic E-state index is 13.6. The van der Waals surface area contributed by atoms with Gasteiger partial charge in [0.2, 0.25) is 5.91 Å². The number of rotatable bonds is 5. The molecule has 7 heteroatoms. The Bertz CT molecular complexity index is 954. The number of nitrogens with one attached hydrogen (secondary N) is 1. The van der Waals surface area contributed by atoms with Gasteiger partial charge in [0.15, 0.2) is 5.16 Å². The van der Waals surface area contributed by atoms with E-state index >= 15 is 0 Å². The summed E-state index contributed by atoms with van der Waals surface area (Å²) in [6.45, 7) is 5.92. The highest BCUT2D eigenvalue weighted by Crippen LogP contribution is 2.25. The SMILES string of the molecule is Cc1ccc(C)c(-n2c(C)nnc2SCC(=O)Nc2ccccc2F)c1. The summed E-state index contributed by atoms with van der Waals surface area (Å²) in [7, 11) is 0. The fraction of sp³-hybridized carbons (Fsp3) is 0.211. The highest BCUT2D eigenvalue weighted by atomic mass is 32.2. The number of hydrogen-bond acceptors (Lipinski definition) is 4. The van der Waals surface area contributed by atoms with E-state index in [9.17, 15) is 9.18 Å². The van der Waals surface area contributed by atoms with Crippen LogP contribution in [0.1, 0.15) is 17.0 Å². The van der Waals surface area contributed by atoms with Crippen LogP contribution in [0.4, 0.5) is 10.1 Å². The lowest BCUT2D eigenvalue weighted by Crippen LogP contribution is -2.15. The average Bonchev–Trinajstić information content (AvgIpc) is 2.98. The van der Waals surface area contributed by atoms with E-state index in [1.165, 1.54) is 23.9 Å². The normalized spacial score (nSPS) is 10.8.